The van der Waals surface area contributed by atoms with Gasteiger partial charge in [-0.15, -0.1) is 10.2 Å². The molecule has 29 heavy (non-hydrogen) atoms. The van der Waals surface area contributed by atoms with Gasteiger partial charge in [-0.2, -0.15) is 9.61 Å². The first-order valence-electron chi connectivity index (χ1n) is 10.0. The summed E-state index contributed by atoms with van der Waals surface area (Å²) in [7, 11) is -3.29. The topological polar surface area (TPSA) is 77.2 Å². The number of fused-ring (bicyclic) bond motifs is 3. The van der Waals surface area contributed by atoms with E-state index in [2.05, 4.69) is 10.2 Å². The van der Waals surface area contributed by atoms with Gasteiger partial charge in [0.25, 0.3) is 0 Å². The predicted octanol–water partition coefficient (Wildman–Crippen LogP) is 4.19. The molecule has 0 bridgehead atoms. The molecule has 148 valence electrons. The molecule has 0 N–H and O–H groups in total. The van der Waals surface area contributed by atoms with Crippen molar-refractivity contribution in [2.75, 3.05) is 0 Å². The minimum Gasteiger partial charge on any atom is -0.228 e. The minimum absolute atomic E-state index is 0.127. The van der Waals surface area contributed by atoms with Crippen molar-refractivity contribution in [2.24, 2.45) is 0 Å². The second-order valence-electron chi connectivity index (χ2n) is 7.68. The number of rotatable bonds is 4. The standard InChI is InChI=1S/C22H22N4O2S/c27-29(28,17-11-5-2-6-12-17)15-20-23-24-22-19-14-8-7-13-18(19)21(25-26(20)22)16-9-3-1-4-10-16/h1,3-4,7-10,13-14,17H,2,5-6,11-12,15H2. The maximum Gasteiger partial charge on any atom is 0.185 e. The molecule has 1 aliphatic carbocycles. The largest absolute Gasteiger partial charge is 0.228 e. The lowest BCUT2D eigenvalue weighted by molar-refractivity contribution is 0.482. The van der Waals surface area contributed by atoms with Gasteiger partial charge in [-0.1, -0.05) is 73.9 Å². The van der Waals surface area contributed by atoms with E-state index in [1.54, 1.807) is 4.52 Å². The van der Waals surface area contributed by atoms with Crippen molar-refractivity contribution in [3.8, 4) is 11.3 Å². The van der Waals surface area contributed by atoms with Gasteiger partial charge in [-0.25, -0.2) is 8.42 Å². The van der Waals surface area contributed by atoms with Gasteiger partial charge in [0.15, 0.2) is 21.3 Å². The van der Waals surface area contributed by atoms with E-state index in [-0.39, 0.29) is 11.0 Å². The van der Waals surface area contributed by atoms with Crippen LogP contribution in [0, 0.1) is 0 Å². The highest BCUT2D eigenvalue weighted by atomic mass is 32.2. The van der Waals surface area contributed by atoms with Crippen LogP contribution in [0.4, 0.5) is 0 Å². The van der Waals surface area contributed by atoms with E-state index < -0.39 is 9.84 Å². The summed E-state index contributed by atoms with van der Waals surface area (Å²) < 4.78 is 27.6. The molecule has 0 aliphatic heterocycles. The molecule has 0 unspecified atom stereocenters. The van der Waals surface area contributed by atoms with Gasteiger partial charge >= 0.3 is 0 Å². The molecule has 0 amide bonds. The van der Waals surface area contributed by atoms with Crippen molar-refractivity contribution in [1.82, 2.24) is 19.8 Å². The first kappa shape index (κ1) is 18.2. The lowest BCUT2D eigenvalue weighted by Gasteiger charge is -2.21. The number of hydrogen-bond acceptors (Lipinski definition) is 5. The molecular formula is C22H22N4O2S. The second-order valence-corrected chi connectivity index (χ2v) is 9.96. The summed E-state index contributed by atoms with van der Waals surface area (Å²) in [6, 6.07) is 17.8. The van der Waals surface area contributed by atoms with Crippen molar-refractivity contribution < 1.29 is 8.42 Å². The van der Waals surface area contributed by atoms with Crippen LogP contribution in [0.15, 0.2) is 54.6 Å². The summed E-state index contributed by atoms with van der Waals surface area (Å²) in [6.07, 6.45) is 4.56. The molecule has 1 saturated carbocycles. The zero-order valence-corrected chi connectivity index (χ0v) is 16.8. The van der Waals surface area contributed by atoms with Crippen LogP contribution < -0.4 is 0 Å². The van der Waals surface area contributed by atoms with Crippen molar-refractivity contribution in [1.29, 1.82) is 0 Å². The Labute approximate surface area is 169 Å². The van der Waals surface area contributed by atoms with Gasteiger partial charge < -0.3 is 0 Å². The van der Waals surface area contributed by atoms with E-state index in [0.29, 0.717) is 11.5 Å². The highest BCUT2D eigenvalue weighted by molar-refractivity contribution is 7.91. The van der Waals surface area contributed by atoms with Crippen LogP contribution in [-0.2, 0) is 15.6 Å². The molecule has 0 saturated heterocycles. The molecule has 2 aromatic heterocycles. The summed E-state index contributed by atoms with van der Waals surface area (Å²) in [5.74, 6) is 0.256. The summed E-state index contributed by atoms with van der Waals surface area (Å²) in [4.78, 5) is 0. The first-order valence-corrected chi connectivity index (χ1v) is 11.7. The summed E-state index contributed by atoms with van der Waals surface area (Å²) in [6.45, 7) is 0. The van der Waals surface area contributed by atoms with Crippen LogP contribution in [0.3, 0.4) is 0 Å². The molecule has 5 rings (SSSR count). The highest BCUT2D eigenvalue weighted by Gasteiger charge is 2.29. The Morgan fingerprint density at radius 2 is 1.55 bits per heavy atom. The molecule has 4 aromatic rings. The number of sulfone groups is 1. The molecule has 6 nitrogen and oxygen atoms in total. The van der Waals surface area contributed by atoms with Crippen molar-refractivity contribution >= 4 is 26.3 Å². The molecule has 1 fully saturated rings. The lowest BCUT2D eigenvalue weighted by Crippen LogP contribution is -2.26. The fraction of sp³-hybridized carbons (Fsp3) is 0.318. The van der Waals surface area contributed by atoms with Crippen LogP contribution in [0.1, 0.15) is 37.9 Å². The number of aromatic nitrogens is 4. The third kappa shape index (κ3) is 3.29. The van der Waals surface area contributed by atoms with Crippen LogP contribution in [-0.4, -0.2) is 33.5 Å². The van der Waals surface area contributed by atoms with Gasteiger partial charge in [0.1, 0.15) is 5.75 Å². The van der Waals surface area contributed by atoms with Gasteiger partial charge in [0.2, 0.25) is 0 Å². The fourth-order valence-electron chi connectivity index (χ4n) is 4.24. The molecule has 2 aromatic carbocycles. The number of benzene rings is 2. The van der Waals surface area contributed by atoms with Crippen LogP contribution in [0.2, 0.25) is 0 Å². The maximum absolute atomic E-state index is 13.0. The average molecular weight is 407 g/mol. The Bertz CT molecular complexity index is 1280. The molecule has 7 heteroatoms. The third-order valence-corrected chi connectivity index (χ3v) is 7.91. The van der Waals surface area contributed by atoms with E-state index in [1.807, 2.05) is 54.6 Å². The zero-order chi connectivity index (χ0) is 19.8. The Hall–Kier alpha value is -2.80. The lowest BCUT2D eigenvalue weighted by atomic mass is 10.0. The Morgan fingerprint density at radius 1 is 0.862 bits per heavy atom. The molecule has 0 atom stereocenters. The van der Waals surface area contributed by atoms with E-state index in [0.717, 1.165) is 54.1 Å². The van der Waals surface area contributed by atoms with Crippen molar-refractivity contribution in [2.45, 2.75) is 43.1 Å². The number of hydrogen-bond donors (Lipinski definition) is 0. The van der Waals surface area contributed by atoms with Gasteiger partial charge in [-0.3, -0.25) is 0 Å². The van der Waals surface area contributed by atoms with Gasteiger partial charge in [0.05, 0.1) is 10.9 Å². The predicted molar refractivity (Wildman–Crippen MR) is 113 cm³/mol. The summed E-state index contributed by atoms with van der Waals surface area (Å²) >= 11 is 0. The fourth-order valence-corrected chi connectivity index (χ4v) is 6.07. The maximum atomic E-state index is 13.0. The second kappa shape index (κ2) is 7.22. The molecule has 1 aliphatic rings. The molecular weight excluding hydrogens is 384 g/mol. The van der Waals surface area contributed by atoms with E-state index >= 15 is 0 Å². The minimum atomic E-state index is -3.29. The molecule has 0 spiro atoms. The Kier molecular flexibility index (Phi) is 4.54. The van der Waals surface area contributed by atoms with E-state index in [4.69, 9.17) is 5.10 Å². The highest BCUT2D eigenvalue weighted by Crippen LogP contribution is 2.30. The smallest absolute Gasteiger partial charge is 0.185 e. The van der Waals surface area contributed by atoms with Gasteiger partial charge in [-0.05, 0) is 12.8 Å². The van der Waals surface area contributed by atoms with Gasteiger partial charge in [0, 0.05) is 16.3 Å². The van der Waals surface area contributed by atoms with Crippen LogP contribution in [0.5, 0.6) is 0 Å². The van der Waals surface area contributed by atoms with Crippen molar-refractivity contribution in [3.05, 3.63) is 60.4 Å². The number of nitrogens with zero attached hydrogens (tertiary/aromatic N) is 4. The normalized spacial score (nSPS) is 15.9. The SMILES string of the molecule is O=S(=O)(Cc1nnc2c3ccccc3c(-c3ccccc3)nn12)C1CCCCC1. The van der Waals surface area contributed by atoms with Crippen LogP contribution >= 0.6 is 0 Å². The molecule has 0 radical (unpaired) electrons. The zero-order valence-electron chi connectivity index (χ0n) is 16.0. The van der Waals surface area contributed by atoms with E-state index in [9.17, 15) is 8.42 Å². The summed E-state index contributed by atoms with van der Waals surface area (Å²) in [5, 5.41) is 14.9. The quantitative estimate of drug-likeness (QED) is 0.508. The van der Waals surface area contributed by atoms with E-state index in [1.165, 1.54) is 0 Å². The first-order chi connectivity index (χ1) is 14.1. The molecule has 2 heterocycles. The Balaban J connectivity index is 1.66. The third-order valence-electron chi connectivity index (χ3n) is 5.77. The monoisotopic (exact) mass is 406 g/mol. The Morgan fingerprint density at radius 3 is 2.31 bits per heavy atom. The van der Waals surface area contributed by atoms with Crippen molar-refractivity contribution in [3.63, 3.8) is 0 Å². The van der Waals surface area contributed by atoms with Crippen LogP contribution in [0.25, 0.3) is 27.7 Å². The summed E-state index contributed by atoms with van der Waals surface area (Å²) in [5.41, 5.74) is 2.36. The average Bonchev–Trinajstić information content (AvgIpc) is 3.16.